The number of rotatable bonds is 5. The standard InChI is InChI=1S/C23H24N6OS/c1-14-10-20(29-21(11-14)30-16-5-8-24-9-6-16)28-19-12-17-18(13-26-19)31-23(27-17)22-15(2)4-3-7-25-22/h3-4,7,10-13,16,24H,5-6,8-9H2,1-2H3,(H,26,28,29). The molecule has 0 aliphatic carbocycles. The van der Waals surface area contributed by atoms with Gasteiger partial charge >= 0.3 is 0 Å². The Morgan fingerprint density at radius 1 is 1.06 bits per heavy atom. The molecular weight excluding hydrogens is 408 g/mol. The molecule has 4 aromatic heterocycles. The number of ether oxygens (including phenoxy) is 1. The molecule has 0 radical (unpaired) electrons. The van der Waals surface area contributed by atoms with E-state index in [1.807, 2.05) is 50.4 Å². The molecule has 0 saturated carbocycles. The molecule has 0 amide bonds. The Morgan fingerprint density at radius 2 is 1.94 bits per heavy atom. The fourth-order valence-electron chi connectivity index (χ4n) is 3.69. The molecule has 0 unspecified atom stereocenters. The van der Waals surface area contributed by atoms with Crippen molar-refractivity contribution in [3.8, 4) is 16.6 Å². The topological polar surface area (TPSA) is 84.9 Å². The van der Waals surface area contributed by atoms with E-state index in [0.29, 0.717) is 17.5 Å². The minimum absolute atomic E-state index is 0.210. The quantitative estimate of drug-likeness (QED) is 0.475. The van der Waals surface area contributed by atoms with Crippen LogP contribution in [0.25, 0.3) is 20.9 Å². The number of nitrogens with one attached hydrogen (secondary N) is 2. The Morgan fingerprint density at radius 3 is 2.77 bits per heavy atom. The summed E-state index contributed by atoms with van der Waals surface area (Å²) in [6.07, 6.45) is 5.85. The Bertz CT molecular complexity index is 1220. The van der Waals surface area contributed by atoms with E-state index in [2.05, 4.69) is 25.6 Å². The first-order valence-electron chi connectivity index (χ1n) is 10.5. The second kappa shape index (κ2) is 8.56. The second-order valence-electron chi connectivity index (χ2n) is 7.79. The van der Waals surface area contributed by atoms with E-state index < -0.39 is 0 Å². The number of thiazole rings is 1. The van der Waals surface area contributed by atoms with Gasteiger partial charge in [-0.3, -0.25) is 4.98 Å². The summed E-state index contributed by atoms with van der Waals surface area (Å²) in [6, 6.07) is 9.90. The zero-order valence-electron chi connectivity index (χ0n) is 17.6. The number of fused-ring (bicyclic) bond motifs is 1. The third-order valence-corrected chi connectivity index (χ3v) is 6.28. The summed E-state index contributed by atoms with van der Waals surface area (Å²) < 4.78 is 7.14. The van der Waals surface area contributed by atoms with Gasteiger partial charge in [-0.25, -0.2) is 9.97 Å². The molecular formula is C23H24N6OS. The van der Waals surface area contributed by atoms with Gasteiger partial charge in [0, 0.05) is 24.5 Å². The van der Waals surface area contributed by atoms with Gasteiger partial charge < -0.3 is 15.4 Å². The number of hydrogen-bond acceptors (Lipinski definition) is 8. The van der Waals surface area contributed by atoms with Gasteiger partial charge in [-0.05, 0) is 63.0 Å². The smallest absolute Gasteiger partial charge is 0.215 e. The van der Waals surface area contributed by atoms with Gasteiger partial charge in [-0.15, -0.1) is 11.3 Å². The molecule has 158 valence electrons. The van der Waals surface area contributed by atoms with Crippen LogP contribution < -0.4 is 15.4 Å². The van der Waals surface area contributed by atoms with E-state index in [0.717, 1.165) is 58.0 Å². The van der Waals surface area contributed by atoms with E-state index in [1.54, 1.807) is 17.5 Å². The second-order valence-corrected chi connectivity index (χ2v) is 8.82. The molecule has 8 heteroatoms. The highest BCUT2D eigenvalue weighted by molar-refractivity contribution is 7.21. The molecule has 1 saturated heterocycles. The lowest BCUT2D eigenvalue weighted by Gasteiger charge is -2.23. The molecule has 0 atom stereocenters. The van der Waals surface area contributed by atoms with Gasteiger partial charge in [0.05, 0.1) is 10.2 Å². The summed E-state index contributed by atoms with van der Waals surface area (Å²) in [5.41, 5.74) is 4.00. The maximum Gasteiger partial charge on any atom is 0.215 e. The van der Waals surface area contributed by atoms with Crippen LogP contribution in [0.5, 0.6) is 5.88 Å². The van der Waals surface area contributed by atoms with Crippen molar-refractivity contribution in [1.82, 2.24) is 25.3 Å². The lowest BCUT2D eigenvalue weighted by molar-refractivity contribution is 0.156. The molecule has 2 N–H and O–H groups in total. The van der Waals surface area contributed by atoms with E-state index >= 15 is 0 Å². The summed E-state index contributed by atoms with van der Waals surface area (Å²) in [4.78, 5) is 18.5. The van der Waals surface area contributed by atoms with E-state index in [1.165, 1.54) is 0 Å². The van der Waals surface area contributed by atoms with Gasteiger partial charge in [-0.1, -0.05) is 6.07 Å². The Hall–Kier alpha value is -3.10. The van der Waals surface area contributed by atoms with Gasteiger partial charge in [0.15, 0.2) is 0 Å². The minimum atomic E-state index is 0.210. The van der Waals surface area contributed by atoms with Crippen molar-refractivity contribution >= 4 is 33.2 Å². The maximum atomic E-state index is 6.12. The van der Waals surface area contributed by atoms with Crippen LogP contribution in [-0.2, 0) is 0 Å². The summed E-state index contributed by atoms with van der Waals surface area (Å²) in [5.74, 6) is 2.07. The number of aryl methyl sites for hydroxylation is 2. The van der Waals surface area contributed by atoms with Crippen molar-refractivity contribution in [3.63, 3.8) is 0 Å². The van der Waals surface area contributed by atoms with E-state index in [-0.39, 0.29) is 6.10 Å². The van der Waals surface area contributed by atoms with Crippen molar-refractivity contribution in [2.75, 3.05) is 18.4 Å². The van der Waals surface area contributed by atoms with Crippen LogP contribution >= 0.6 is 11.3 Å². The average molecular weight is 433 g/mol. The first kappa shape index (κ1) is 19.8. The Labute approximate surface area is 185 Å². The highest BCUT2D eigenvalue weighted by Gasteiger charge is 2.16. The molecule has 31 heavy (non-hydrogen) atoms. The molecule has 5 rings (SSSR count). The van der Waals surface area contributed by atoms with Crippen molar-refractivity contribution < 1.29 is 4.74 Å². The highest BCUT2D eigenvalue weighted by Crippen LogP contribution is 2.31. The number of aromatic nitrogens is 4. The molecule has 5 heterocycles. The number of hydrogen-bond donors (Lipinski definition) is 2. The summed E-state index contributed by atoms with van der Waals surface area (Å²) in [5, 5.41) is 7.57. The number of piperidine rings is 1. The zero-order valence-corrected chi connectivity index (χ0v) is 18.4. The Kier molecular flexibility index (Phi) is 5.48. The monoisotopic (exact) mass is 432 g/mol. The minimum Gasteiger partial charge on any atom is -0.474 e. The molecule has 0 bridgehead atoms. The SMILES string of the molecule is Cc1cc(Nc2cc3nc(-c4ncccc4C)sc3cn2)nc(OC2CCNCC2)c1. The third kappa shape index (κ3) is 4.50. The van der Waals surface area contributed by atoms with Gasteiger partial charge in [0.2, 0.25) is 5.88 Å². The largest absolute Gasteiger partial charge is 0.474 e. The molecule has 1 fully saturated rings. The summed E-state index contributed by atoms with van der Waals surface area (Å²) in [6.45, 7) is 6.06. The van der Waals surface area contributed by atoms with Crippen molar-refractivity contribution in [2.45, 2.75) is 32.8 Å². The molecule has 4 aromatic rings. The lowest BCUT2D eigenvalue weighted by atomic mass is 10.1. The fourth-order valence-corrected chi connectivity index (χ4v) is 4.67. The predicted molar refractivity (Wildman–Crippen MR) is 124 cm³/mol. The van der Waals surface area contributed by atoms with E-state index in [9.17, 15) is 0 Å². The molecule has 1 aliphatic heterocycles. The van der Waals surface area contributed by atoms with Crippen LogP contribution in [-0.4, -0.2) is 39.1 Å². The molecule has 1 aliphatic rings. The van der Waals surface area contributed by atoms with E-state index in [4.69, 9.17) is 9.72 Å². The first-order chi connectivity index (χ1) is 15.1. The number of pyridine rings is 3. The zero-order chi connectivity index (χ0) is 21.2. The third-order valence-electron chi connectivity index (χ3n) is 5.26. The van der Waals surface area contributed by atoms with Crippen LogP contribution in [0, 0.1) is 13.8 Å². The summed E-state index contributed by atoms with van der Waals surface area (Å²) >= 11 is 1.60. The molecule has 7 nitrogen and oxygen atoms in total. The fraction of sp³-hybridized carbons (Fsp3) is 0.304. The molecule has 0 spiro atoms. The van der Waals surface area contributed by atoms with Gasteiger partial charge in [0.25, 0.3) is 0 Å². The lowest BCUT2D eigenvalue weighted by Crippen LogP contribution is -2.34. The normalized spacial score (nSPS) is 14.6. The average Bonchev–Trinajstić information content (AvgIpc) is 3.17. The van der Waals surface area contributed by atoms with Crippen LogP contribution in [0.1, 0.15) is 24.0 Å². The van der Waals surface area contributed by atoms with Crippen LogP contribution in [0.4, 0.5) is 11.6 Å². The van der Waals surface area contributed by atoms with Gasteiger partial charge in [-0.2, -0.15) is 4.98 Å². The van der Waals surface area contributed by atoms with Crippen molar-refractivity contribution in [1.29, 1.82) is 0 Å². The Balaban J connectivity index is 1.38. The van der Waals surface area contributed by atoms with Crippen LogP contribution in [0.3, 0.4) is 0 Å². The number of anilines is 2. The van der Waals surface area contributed by atoms with Crippen molar-refractivity contribution in [3.05, 3.63) is 53.9 Å². The van der Waals surface area contributed by atoms with Crippen LogP contribution in [0.2, 0.25) is 0 Å². The highest BCUT2D eigenvalue weighted by atomic mass is 32.1. The van der Waals surface area contributed by atoms with Gasteiger partial charge in [0.1, 0.15) is 28.4 Å². The predicted octanol–water partition coefficient (Wildman–Crippen LogP) is 4.64. The summed E-state index contributed by atoms with van der Waals surface area (Å²) in [7, 11) is 0. The number of nitrogens with zero attached hydrogens (tertiary/aromatic N) is 4. The first-order valence-corrected chi connectivity index (χ1v) is 11.3. The van der Waals surface area contributed by atoms with Crippen LogP contribution in [0.15, 0.2) is 42.7 Å². The van der Waals surface area contributed by atoms with Crippen molar-refractivity contribution in [2.24, 2.45) is 0 Å². The maximum absolute atomic E-state index is 6.12. The molecule has 0 aromatic carbocycles.